The van der Waals surface area contributed by atoms with E-state index in [1.54, 1.807) is 30.3 Å². The first-order chi connectivity index (χ1) is 13.6. The minimum absolute atomic E-state index is 0.0256. The van der Waals surface area contributed by atoms with E-state index >= 15 is 0 Å². The van der Waals surface area contributed by atoms with E-state index in [4.69, 9.17) is 0 Å². The van der Waals surface area contributed by atoms with Crippen LogP contribution in [0, 0.1) is 17.7 Å². The van der Waals surface area contributed by atoms with E-state index in [0.717, 1.165) is 17.7 Å². The lowest BCUT2D eigenvalue weighted by Gasteiger charge is -2.27. The summed E-state index contributed by atoms with van der Waals surface area (Å²) in [7, 11) is 0. The fraction of sp³-hybridized carbons (Fsp3) is 0.318. The Morgan fingerprint density at radius 2 is 1.61 bits per heavy atom. The Labute approximate surface area is 161 Å². The van der Waals surface area contributed by atoms with E-state index in [0.29, 0.717) is 12.1 Å². The molecule has 2 aromatic carbocycles. The van der Waals surface area contributed by atoms with Crippen molar-refractivity contribution in [3.8, 4) is 0 Å². The third kappa shape index (κ3) is 2.31. The summed E-state index contributed by atoms with van der Waals surface area (Å²) in [5.74, 6) is -2.96. The smallest absolute Gasteiger partial charge is 0.239 e. The van der Waals surface area contributed by atoms with Crippen molar-refractivity contribution < 1.29 is 18.8 Å². The summed E-state index contributed by atoms with van der Waals surface area (Å²) in [6.45, 7) is 0.696. The van der Waals surface area contributed by atoms with Crippen LogP contribution >= 0.6 is 0 Å². The maximum Gasteiger partial charge on any atom is 0.239 e. The van der Waals surface area contributed by atoms with Crippen LogP contribution in [-0.4, -0.2) is 41.1 Å². The number of ketones is 1. The zero-order valence-corrected chi connectivity index (χ0v) is 15.1. The van der Waals surface area contributed by atoms with Gasteiger partial charge >= 0.3 is 0 Å². The maximum atomic E-state index is 14.3. The fourth-order valence-corrected chi connectivity index (χ4v) is 5.16. The van der Waals surface area contributed by atoms with Gasteiger partial charge in [0.2, 0.25) is 11.8 Å². The number of benzene rings is 2. The molecule has 3 aliphatic heterocycles. The monoisotopic (exact) mass is 378 g/mol. The highest BCUT2D eigenvalue weighted by Crippen LogP contribution is 2.48. The zero-order chi connectivity index (χ0) is 19.4. The Balaban J connectivity index is 1.58. The van der Waals surface area contributed by atoms with Crippen LogP contribution in [0.1, 0.15) is 23.2 Å². The first-order valence-corrected chi connectivity index (χ1v) is 9.57. The topological polar surface area (TPSA) is 57.7 Å². The molecule has 5 nitrogen and oxygen atoms in total. The summed E-state index contributed by atoms with van der Waals surface area (Å²) in [6, 6.07) is 13.8. The molecule has 3 fully saturated rings. The van der Waals surface area contributed by atoms with Crippen LogP contribution in [-0.2, 0) is 9.59 Å². The lowest BCUT2D eigenvalue weighted by atomic mass is 9.85. The van der Waals surface area contributed by atoms with Gasteiger partial charge in [0.25, 0.3) is 0 Å². The van der Waals surface area contributed by atoms with Crippen molar-refractivity contribution >= 4 is 23.3 Å². The number of rotatable bonds is 3. The number of para-hydroxylation sites is 1. The van der Waals surface area contributed by atoms with Crippen molar-refractivity contribution in [2.24, 2.45) is 11.8 Å². The average molecular weight is 378 g/mol. The van der Waals surface area contributed by atoms with E-state index < -0.39 is 29.6 Å². The van der Waals surface area contributed by atoms with E-state index in [2.05, 4.69) is 0 Å². The van der Waals surface area contributed by atoms with Gasteiger partial charge in [0.15, 0.2) is 5.78 Å². The van der Waals surface area contributed by atoms with E-state index in [-0.39, 0.29) is 23.4 Å². The number of halogens is 1. The van der Waals surface area contributed by atoms with Crippen molar-refractivity contribution in [1.82, 2.24) is 4.90 Å². The van der Waals surface area contributed by atoms with Crippen molar-refractivity contribution in [3.63, 3.8) is 0 Å². The first-order valence-electron chi connectivity index (χ1n) is 9.57. The molecule has 0 N–H and O–H groups in total. The van der Waals surface area contributed by atoms with Crippen LogP contribution in [0.2, 0.25) is 0 Å². The molecule has 0 aliphatic carbocycles. The molecule has 2 aromatic rings. The molecule has 3 saturated heterocycles. The first kappa shape index (κ1) is 17.3. The van der Waals surface area contributed by atoms with Gasteiger partial charge in [-0.05, 0) is 31.5 Å². The van der Waals surface area contributed by atoms with Gasteiger partial charge in [0.1, 0.15) is 5.82 Å². The summed E-state index contributed by atoms with van der Waals surface area (Å²) in [4.78, 5) is 42.8. The zero-order valence-electron chi connectivity index (χ0n) is 15.1. The third-order valence-electron chi connectivity index (χ3n) is 6.27. The van der Waals surface area contributed by atoms with Crippen LogP contribution in [0.3, 0.4) is 0 Å². The number of Topliss-reactive ketones (excluding diaryl/α,β-unsaturated/α-hetero) is 1. The Hall–Kier alpha value is -2.86. The Morgan fingerprint density at radius 1 is 0.929 bits per heavy atom. The molecule has 142 valence electrons. The molecular weight excluding hydrogens is 359 g/mol. The molecule has 0 radical (unpaired) electrons. The van der Waals surface area contributed by atoms with Crippen LogP contribution < -0.4 is 4.90 Å². The van der Waals surface area contributed by atoms with Crippen LogP contribution in [0.25, 0.3) is 0 Å². The van der Waals surface area contributed by atoms with Crippen molar-refractivity contribution in [1.29, 1.82) is 0 Å². The normalized spacial score (nSPS) is 29.2. The number of fused-ring (bicyclic) bond motifs is 3. The molecule has 5 rings (SSSR count). The van der Waals surface area contributed by atoms with Gasteiger partial charge in [0, 0.05) is 11.6 Å². The predicted octanol–water partition coefficient (Wildman–Crippen LogP) is 2.66. The van der Waals surface area contributed by atoms with Crippen molar-refractivity contribution in [2.45, 2.75) is 24.9 Å². The highest BCUT2D eigenvalue weighted by atomic mass is 19.1. The second kappa shape index (κ2) is 6.34. The lowest BCUT2D eigenvalue weighted by Crippen LogP contribution is -2.46. The molecule has 0 saturated carbocycles. The molecule has 28 heavy (non-hydrogen) atoms. The second-order valence-corrected chi connectivity index (χ2v) is 7.64. The largest absolute Gasteiger partial charge is 0.292 e. The highest BCUT2D eigenvalue weighted by Gasteiger charge is 2.64. The number of hydrogen-bond acceptors (Lipinski definition) is 4. The average Bonchev–Trinajstić information content (AvgIpc) is 3.35. The summed E-state index contributed by atoms with van der Waals surface area (Å²) in [5, 5.41) is 0. The molecule has 6 heteroatoms. The molecule has 0 unspecified atom stereocenters. The second-order valence-electron chi connectivity index (χ2n) is 7.64. The van der Waals surface area contributed by atoms with Gasteiger partial charge in [-0.25, -0.2) is 9.29 Å². The number of carbonyl (C=O) groups is 3. The van der Waals surface area contributed by atoms with Crippen LogP contribution in [0.5, 0.6) is 0 Å². The molecule has 2 amide bonds. The molecule has 4 atom stereocenters. The Bertz CT molecular complexity index is 977. The summed E-state index contributed by atoms with van der Waals surface area (Å²) in [6.07, 6.45) is 1.65. The molecule has 3 heterocycles. The summed E-state index contributed by atoms with van der Waals surface area (Å²) in [5.41, 5.74) is 0.505. The van der Waals surface area contributed by atoms with E-state index in [1.165, 1.54) is 18.2 Å². The van der Waals surface area contributed by atoms with Crippen LogP contribution in [0.15, 0.2) is 54.6 Å². The molecule has 0 bridgehead atoms. The minimum Gasteiger partial charge on any atom is -0.292 e. The Morgan fingerprint density at radius 3 is 2.36 bits per heavy atom. The minimum atomic E-state index is -0.759. The Kier molecular flexibility index (Phi) is 3.91. The number of carbonyl (C=O) groups excluding carboxylic acids is 3. The third-order valence-corrected chi connectivity index (χ3v) is 6.27. The number of anilines is 1. The van der Waals surface area contributed by atoms with Crippen LogP contribution in [0.4, 0.5) is 10.1 Å². The van der Waals surface area contributed by atoms with Gasteiger partial charge in [-0.3, -0.25) is 19.3 Å². The number of nitrogens with zero attached hydrogens (tertiary/aromatic N) is 2. The van der Waals surface area contributed by atoms with Gasteiger partial charge in [0.05, 0.1) is 23.6 Å². The van der Waals surface area contributed by atoms with Crippen molar-refractivity contribution in [3.05, 3.63) is 66.0 Å². The van der Waals surface area contributed by atoms with Crippen molar-refractivity contribution in [2.75, 3.05) is 11.4 Å². The van der Waals surface area contributed by atoms with Gasteiger partial charge < -0.3 is 0 Å². The number of amides is 2. The van der Waals surface area contributed by atoms with Gasteiger partial charge in [-0.15, -0.1) is 0 Å². The SMILES string of the molecule is O=C(c1ccccc1)[C@@H]1[C@@H]2C(=O)N(c3ccccc3F)C(=O)[C@H]2[C@@H]2CCCN12. The maximum absolute atomic E-state index is 14.3. The van der Waals surface area contributed by atoms with E-state index in [1.807, 2.05) is 11.0 Å². The molecule has 0 spiro atoms. The predicted molar refractivity (Wildman–Crippen MR) is 100 cm³/mol. The van der Waals surface area contributed by atoms with Gasteiger partial charge in [-0.1, -0.05) is 42.5 Å². The summed E-state index contributed by atoms with van der Waals surface area (Å²) >= 11 is 0. The summed E-state index contributed by atoms with van der Waals surface area (Å²) < 4.78 is 14.3. The molecule has 3 aliphatic rings. The quantitative estimate of drug-likeness (QED) is 0.609. The van der Waals surface area contributed by atoms with Gasteiger partial charge in [-0.2, -0.15) is 0 Å². The molecular formula is C22H19FN2O3. The number of hydrogen-bond donors (Lipinski definition) is 0. The standard InChI is InChI=1S/C22H19FN2O3/c23-14-9-4-5-10-15(14)25-21(27)17-16-11-6-12-24(16)19(18(17)22(25)28)20(26)13-7-2-1-3-8-13/h1-5,7-10,16-19H,6,11-12H2/t16-,17-,18+,19-/m0/s1. The fourth-order valence-electron chi connectivity index (χ4n) is 5.16. The molecule has 0 aromatic heterocycles. The number of imide groups is 1. The lowest BCUT2D eigenvalue weighted by molar-refractivity contribution is -0.123. The van der Waals surface area contributed by atoms with E-state index in [9.17, 15) is 18.8 Å². The highest BCUT2D eigenvalue weighted by molar-refractivity contribution is 6.24.